The van der Waals surface area contributed by atoms with Crippen molar-refractivity contribution in [1.82, 2.24) is 0 Å². The highest BCUT2D eigenvalue weighted by molar-refractivity contribution is 5.92. The summed E-state index contributed by atoms with van der Waals surface area (Å²) in [6.07, 6.45) is 7.68. The Morgan fingerprint density at radius 3 is 2.75 bits per heavy atom. The van der Waals surface area contributed by atoms with E-state index in [2.05, 4.69) is 11.2 Å². The number of hydrogen-bond donors (Lipinski definition) is 2. The topological polar surface area (TPSA) is 75.6 Å². The second-order valence-corrected chi connectivity index (χ2v) is 4.14. The Morgan fingerprint density at radius 2 is 2.05 bits per heavy atom. The van der Waals surface area contributed by atoms with Crippen molar-refractivity contribution in [2.75, 3.05) is 11.9 Å². The van der Waals surface area contributed by atoms with Crippen LogP contribution in [-0.2, 0) is 9.59 Å². The third-order valence-electron chi connectivity index (χ3n) is 2.49. The van der Waals surface area contributed by atoms with Gasteiger partial charge in [0, 0.05) is 12.8 Å². The smallest absolute Gasteiger partial charge is 0.341 e. The molecular weight excluding hydrogens is 258 g/mol. The van der Waals surface area contributed by atoms with Gasteiger partial charge >= 0.3 is 5.97 Å². The molecule has 0 aliphatic carbocycles. The average Bonchev–Trinajstić information content (AvgIpc) is 2.42. The van der Waals surface area contributed by atoms with E-state index in [1.54, 1.807) is 24.3 Å². The van der Waals surface area contributed by atoms with Crippen molar-refractivity contribution in [3.63, 3.8) is 0 Å². The molecule has 0 aliphatic rings. The fourth-order valence-corrected chi connectivity index (χ4v) is 1.56. The van der Waals surface area contributed by atoms with Crippen LogP contribution >= 0.6 is 0 Å². The minimum Gasteiger partial charge on any atom is -0.480 e. The number of carboxylic acids is 1. The summed E-state index contributed by atoms with van der Waals surface area (Å²) in [7, 11) is 0. The lowest BCUT2D eigenvalue weighted by Crippen LogP contribution is -2.14. The first kappa shape index (κ1) is 15.6. The van der Waals surface area contributed by atoms with Crippen LogP contribution in [0.3, 0.4) is 0 Å². The van der Waals surface area contributed by atoms with E-state index in [4.69, 9.17) is 16.3 Å². The summed E-state index contributed by atoms with van der Waals surface area (Å²) in [5.41, 5.74) is 0.468. The molecule has 0 fully saturated rings. The number of benzene rings is 1. The molecule has 106 valence electrons. The predicted molar refractivity (Wildman–Crippen MR) is 75.5 cm³/mol. The number of aliphatic carboxylic acids is 1. The highest BCUT2D eigenvalue weighted by Crippen LogP contribution is 2.23. The molecule has 5 heteroatoms. The maximum Gasteiger partial charge on any atom is 0.341 e. The van der Waals surface area contributed by atoms with Gasteiger partial charge in [0.25, 0.3) is 0 Å². The van der Waals surface area contributed by atoms with Crippen LogP contribution in [0.15, 0.2) is 24.3 Å². The van der Waals surface area contributed by atoms with E-state index in [0.717, 1.165) is 6.42 Å². The first-order valence-electron chi connectivity index (χ1n) is 6.30. The standard InChI is InChI=1S/C15H17NO4/c1-2-3-4-5-10-14(17)16-12-8-6-7-9-13(12)20-11-15(18)19/h1,6-9H,3-5,10-11H2,(H,16,17)(H,18,19). The zero-order valence-electron chi connectivity index (χ0n) is 11.1. The van der Waals surface area contributed by atoms with Crippen molar-refractivity contribution in [3.8, 4) is 18.1 Å². The summed E-state index contributed by atoms with van der Waals surface area (Å²) in [6, 6.07) is 6.72. The fourth-order valence-electron chi connectivity index (χ4n) is 1.56. The summed E-state index contributed by atoms with van der Waals surface area (Å²) >= 11 is 0. The molecule has 0 saturated heterocycles. The number of carbonyl (C=O) groups is 2. The van der Waals surface area contributed by atoms with Gasteiger partial charge in [-0.2, -0.15) is 0 Å². The molecule has 0 spiro atoms. The van der Waals surface area contributed by atoms with E-state index in [1.165, 1.54) is 0 Å². The SMILES string of the molecule is C#CCCCCC(=O)Nc1ccccc1OCC(=O)O. The molecule has 20 heavy (non-hydrogen) atoms. The maximum atomic E-state index is 11.7. The zero-order valence-corrected chi connectivity index (χ0v) is 11.1. The summed E-state index contributed by atoms with van der Waals surface area (Å²) in [6.45, 7) is -0.449. The first-order chi connectivity index (χ1) is 9.63. The fraction of sp³-hybridized carbons (Fsp3) is 0.333. The first-order valence-corrected chi connectivity index (χ1v) is 6.30. The number of unbranched alkanes of at least 4 members (excludes halogenated alkanes) is 2. The summed E-state index contributed by atoms with van der Waals surface area (Å²) in [5, 5.41) is 11.3. The number of nitrogens with one attached hydrogen (secondary N) is 1. The highest BCUT2D eigenvalue weighted by atomic mass is 16.5. The van der Waals surface area contributed by atoms with Gasteiger partial charge in [-0.3, -0.25) is 4.79 Å². The third-order valence-corrected chi connectivity index (χ3v) is 2.49. The van der Waals surface area contributed by atoms with E-state index in [-0.39, 0.29) is 5.91 Å². The molecule has 1 rings (SSSR count). The Balaban J connectivity index is 2.51. The van der Waals surface area contributed by atoms with Gasteiger partial charge in [-0.25, -0.2) is 4.79 Å². The quantitative estimate of drug-likeness (QED) is 0.563. The maximum absolute atomic E-state index is 11.7. The van der Waals surface area contributed by atoms with Crippen LogP contribution in [0, 0.1) is 12.3 Å². The summed E-state index contributed by atoms with van der Waals surface area (Å²) in [4.78, 5) is 22.2. The number of ether oxygens (including phenoxy) is 1. The summed E-state index contributed by atoms with van der Waals surface area (Å²) in [5.74, 6) is 1.65. The number of hydrogen-bond acceptors (Lipinski definition) is 3. The molecule has 0 atom stereocenters. The van der Waals surface area contributed by atoms with Gasteiger partial charge in [-0.05, 0) is 25.0 Å². The second-order valence-electron chi connectivity index (χ2n) is 4.14. The van der Waals surface area contributed by atoms with Crippen LogP contribution in [-0.4, -0.2) is 23.6 Å². The lowest BCUT2D eigenvalue weighted by atomic mass is 10.2. The Bertz CT molecular complexity index is 505. The van der Waals surface area contributed by atoms with Gasteiger partial charge in [0.15, 0.2) is 6.61 Å². The van der Waals surface area contributed by atoms with Gasteiger partial charge in [0.1, 0.15) is 5.75 Å². The van der Waals surface area contributed by atoms with E-state index in [1.807, 2.05) is 0 Å². The van der Waals surface area contributed by atoms with Crippen LogP contribution in [0.5, 0.6) is 5.75 Å². The number of carboxylic acid groups (broad SMARTS) is 1. The van der Waals surface area contributed by atoms with E-state index >= 15 is 0 Å². The minimum atomic E-state index is -1.07. The van der Waals surface area contributed by atoms with Gasteiger partial charge in [0.2, 0.25) is 5.91 Å². The number of terminal acetylenes is 1. The Kier molecular flexibility index (Phi) is 6.69. The molecule has 0 heterocycles. The number of carbonyl (C=O) groups excluding carboxylic acids is 1. The molecular formula is C15H17NO4. The average molecular weight is 275 g/mol. The normalized spacial score (nSPS) is 9.55. The molecule has 0 unspecified atom stereocenters. The van der Waals surface area contributed by atoms with E-state index < -0.39 is 12.6 Å². The minimum absolute atomic E-state index is 0.145. The van der Waals surface area contributed by atoms with Crippen molar-refractivity contribution in [2.24, 2.45) is 0 Å². The Labute approximate surface area is 117 Å². The summed E-state index contributed by atoms with van der Waals surface area (Å²) < 4.78 is 5.10. The van der Waals surface area contributed by atoms with Crippen LogP contribution in [0.25, 0.3) is 0 Å². The predicted octanol–water partition coefficient (Wildman–Crippen LogP) is 2.28. The molecule has 0 aromatic heterocycles. The number of amides is 1. The Hall–Kier alpha value is -2.48. The molecule has 2 N–H and O–H groups in total. The van der Waals surface area contributed by atoms with Crippen LogP contribution in [0.2, 0.25) is 0 Å². The molecule has 0 saturated carbocycles. The molecule has 0 aliphatic heterocycles. The van der Waals surface area contributed by atoms with Gasteiger partial charge < -0.3 is 15.2 Å². The van der Waals surface area contributed by atoms with Crippen molar-refractivity contribution in [3.05, 3.63) is 24.3 Å². The van der Waals surface area contributed by atoms with Gasteiger partial charge in [-0.1, -0.05) is 12.1 Å². The van der Waals surface area contributed by atoms with E-state index in [9.17, 15) is 9.59 Å². The molecule has 1 amide bonds. The lowest BCUT2D eigenvalue weighted by molar-refractivity contribution is -0.139. The van der Waals surface area contributed by atoms with Crippen molar-refractivity contribution in [2.45, 2.75) is 25.7 Å². The molecule has 1 aromatic carbocycles. The van der Waals surface area contributed by atoms with Crippen LogP contribution < -0.4 is 10.1 Å². The zero-order chi connectivity index (χ0) is 14.8. The molecule has 5 nitrogen and oxygen atoms in total. The lowest BCUT2D eigenvalue weighted by Gasteiger charge is -2.11. The van der Waals surface area contributed by atoms with Crippen molar-refractivity contribution < 1.29 is 19.4 Å². The number of rotatable bonds is 8. The number of para-hydroxylation sites is 2. The van der Waals surface area contributed by atoms with Crippen LogP contribution in [0.4, 0.5) is 5.69 Å². The largest absolute Gasteiger partial charge is 0.480 e. The molecule has 0 bridgehead atoms. The number of anilines is 1. The van der Waals surface area contributed by atoms with Crippen LogP contribution in [0.1, 0.15) is 25.7 Å². The van der Waals surface area contributed by atoms with Crippen molar-refractivity contribution >= 4 is 17.6 Å². The van der Waals surface area contributed by atoms with E-state index in [0.29, 0.717) is 30.7 Å². The highest BCUT2D eigenvalue weighted by Gasteiger charge is 2.08. The van der Waals surface area contributed by atoms with Gasteiger partial charge in [0.05, 0.1) is 5.69 Å². The molecule has 0 radical (unpaired) electrons. The third kappa shape index (κ3) is 5.91. The van der Waals surface area contributed by atoms with Gasteiger partial charge in [-0.15, -0.1) is 12.3 Å². The monoisotopic (exact) mass is 275 g/mol. The molecule has 1 aromatic rings. The Morgan fingerprint density at radius 1 is 1.30 bits per heavy atom. The van der Waals surface area contributed by atoms with Crippen molar-refractivity contribution in [1.29, 1.82) is 0 Å². The second kappa shape index (κ2) is 8.59.